The molecule has 0 radical (unpaired) electrons. The van der Waals surface area contributed by atoms with E-state index in [1.54, 1.807) is 0 Å². The zero-order chi connectivity index (χ0) is 21.8. The summed E-state index contributed by atoms with van der Waals surface area (Å²) in [7, 11) is -4.34. The summed E-state index contributed by atoms with van der Waals surface area (Å²) in [6, 6.07) is 6.34. The molecule has 3 rings (SSSR count). The van der Waals surface area contributed by atoms with Crippen molar-refractivity contribution in [1.82, 2.24) is 10.3 Å². The second-order valence-electron chi connectivity index (χ2n) is 6.36. The van der Waals surface area contributed by atoms with Gasteiger partial charge in [-0.2, -0.15) is 0 Å². The van der Waals surface area contributed by atoms with Gasteiger partial charge in [-0.3, -0.25) is 4.79 Å². The Balaban J connectivity index is 1.95. The van der Waals surface area contributed by atoms with Crippen LogP contribution in [0.3, 0.4) is 0 Å². The molecule has 1 atom stereocenters. The lowest BCUT2D eigenvalue weighted by Crippen LogP contribution is -2.28. The number of nitrogens with zero attached hydrogens (tertiary/aromatic N) is 1. The summed E-state index contributed by atoms with van der Waals surface area (Å²) >= 11 is 0. The number of rotatable bonds is 6. The van der Waals surface area contributed by atoms with E-state index in [9.17, 15) is 26.4 Å². The molecule has 1 aliphatic heterocycles. The van der Waals surface area contributed by atoms with Crippen LogP contribution in [0.2, 0.25) is 0 Å². The molecule has 1 fully saturated rings. The second-order valence-corrected chi connectivity index (χ2v) is 8.35. The predicted octanol–water partition coefficient (Wildman–Crippen LogP) is 2.50. The Hall–Kier alpha value is -2.86. The number of H-pyrrole nitrogens is 1. The number of benzene rings is 1. The van der Waals surface area contributed by atoms with Crippen molar-refractivity contribution in [3.63, 3.8) is 0 Å². The highest BCUT2D eigenvalue weighted by molar-refractivity contribution is 7.91. The van der Waals surface area contributed by atoms with Crippen LogP contribution in [0.25, 0.3) is 0 Å². The molecule has 2 aromatic rings. The fraction of sp³-hybridized carbons (Fsp3) is 0.333. The van der Waals surface area contributed by atoms with Gasteiger partial charge in [0, 0.05) is 32.1 Å². The first-order valence-electron chi connectivity index (χ1n) is 8.86. The highest BCUT2D eigenvalue weighted by atomic mass is 32.2. The normalized spacial score (nSPS) is 16.0. The molecule has 0 aliphatic carbocycles. The summed E-state index contributed by atoms with van der Waals surface area (Å²) < 4.78 is 67.0. The zero-order valence-corrected chi connectivity index (χ0v) is 16.3. The van der Waals surface area contributed by atoms with Gasteiger partial charge < -0.3 is 19.9 Å². The van der Waals surface area contributed by atoms with Gasteiger partial charge in [0.15, 0.2) is 0 Å². The molecular weight excluding hydrogens is 427 g/mol. The number of oxime groups is 1. The van der Waals surface area contributed by atoms with E-state index in [4.69, 9.17) is 4.84 Å². The summed E-state index contributed by atoms with van der Waals surface area (Å²) in [5.74, 6) is -0.577. The number of alkyl halides is 3. The van der Waals surface area contributed by atoms with Crippen molar-refractivity contribution in [2.75, 3.05) is 13.1 Å². The monoisotopic (exact) mass is 445 g/mol. The molecule has 1 aliphatic rings. The first kappa shape index (κ1) is 21.8. The van der Waals surface area contributed by atoms with Crippen LogP contribution < -0.4 is 15.6 Å². The third-order valence-electron chi connectivity index (χ3n) is 4.23. The van der Waals surface area contributed by atoms with Gasteiger partial charge in [0.1, 0.15) is 5.75 Å². The average molecular weight is 445 g/mol. The van der Waals surface area contributed by atoms with Crippen LogP contribution in [-0.2, 0) is 14.7 Å². The summed E-state index contributed by atoms with van der Waals surface area (Å²) in [5.41, 5.74) is -2.03. The van der Waals surface area contributed by atoms with Crippen molar-refractivity contribution in [1.29, 1.82) is 0 Å². The Kier molecular flexibility index (Phi) is 6.46. The number of sulfone groups is 1. The summed E-state index contributed by atoms with van der Waals surface area (Å²) in [5, 5.41) is 7.05. The molecule has 0 spiro atoms. The minimum Gasteiger partial charge on any atom is -0.406 e. The minimum absolute atomic E-state index is 0.202. The highest BCUT2D eigenvalue weighted by Gasteiger charge is 2.35. The molecule has 1 unspecified atom stereocenters. The van der Waals surface area contributed by atoms with Crippen molar-refractivity contribution < 1.29 is 31.2 Å². The Bertz CT molecular complexity index is 1060. The SMILES string of the molecule is O=c1[nH]cccc1C(ON=C1CCNCC1)S(=O)(=O)c1ccc(OC(F)(F)F)cc1. The molecule has 2 N–H and O–H groups in total. The number of ether oxygens (including phenoxy) is 1. The third-order valence-corrected chi connectivity index (χ3v) is 6.06. The first-order chi connectivity index (χ1) is 14.2. The second kappa shape index (κ2) is 8.88. The molecular formula is C18H18F3N3O5S. The molecule has 0 saturated carbocycles. The lowest BCUT2D eigenvalue weighted by atomic mass is 10.1. The van der Waals surface area contributed by atoms with Crippen molar-refractivity contribution >= 4 is 15.5 Å². The molecule has 1 aromatic heterocycles. The van der Waals surface area contributed by atoms with Crippen LogP contribution in [0.15, 0.2) is 57.4 Å². The van der Waals surface area contributed by atoms with E-state index in [2.05, 4.69) is 20.2 Å². The van der Waals surface area contributed by atoms with E-state index in [1.807, 2.05) is 0 Å². The standard InChI is InChI=1S/C18H18F3N3O5S/c19-18(20,21)28-13-3-5-14(6-4-13)30(26,27)17(15-2-1-9-23-16(15)25)29-24-12-7-10-22-11-8-12/h1-6,9,17,22H,7-8,10-11H2,(H,23,25). The molecule has 30 heavy (non-hydrogen) atoms. The van der Waals surface area contributed by atoms with E-state index >= 15 is 0 Å². The topological polar surface area (TPSA) is 110 Å². The number of hydrogen-bond donors (Lipinski definition) is 2. The van der Waals surface area contributed by atoms with Gasteiger partial charge in [-0.15, -0.1) is 13.2 Å². The number of nitrogens with one attached hydrogen (secondary N) is 2. The van der Waals surface area contributed by atoms with Crippen molar-refractivity contribution in [3.05, 3.63) is 58.5 Å². The maximum absolute atomic E-state index is 13.1. The molecule has 1 saturated heterocycles. The van der Waals surface area contributed by atoms with E-state index in [1.165, 1.54) is 18.3 Å². The fourth-order valence-corrected chi connectivity index (χ4v) is 4.22. The van der Waals surface area contributed by atoms with E-state index in [0.29, 0.717) is 31.6 Å². The van der Waals surface area contributed by atoms with Gasteiger partial charge in [0.25, 0.3) is 11.0 Å². The number of halogens is 3. The first-order valence-corrected chi connectivity index (χ1v) is 10.4. The number of aromatic nitrogens is 1. The van der Waals surface area contributed by atoms with E-state index in [-0.39, 0.29) is 10.5 Å². The lowest BCUT2D eigenvalue weighted by Gasteiger charge is -2.18. The summed E-state index contributed by atoms with van der Waals surface area (Å²) in [6.07, 6.45) is -2.46. The van der Waals surface area contributed by atoms with Gasteiger partial charge in [-0.25, -0.2) is 8.42 Å². The molecule has 2 heterocycles. The molecule has 8 nitrogen and oxygen atoms in total. The smallest absolute Gasteiger partial charge is 0.406 e. The van der Waals surface area contributed by atoms with Crippen LogP contribution in [-0.4, -0.2) is 38.6 Å². The molecule has 0 bridgehead atoms. The van der Waals surface area contributed by atoms with Gasteiger partial charge in [-0.1, -0.05) is 5.16 Å². The molecule has 0 amide bonds. The Morgan fingerprint density at radius 1 is 1.07 bits per heavy atom. The molecule has 1 aromatic carbocycles. The maximum Gasteiger partial charge on any atom is 0.573 e. The number of hydrogen-bond acceptors (Lipinski definition) is 7. The quantitative estimate of drug-likeness (QED) is 0.662. The number of aromatic amines is 1. The predicted molar refractivity (Wildman–Crippen MR) is 101 cm³/mol. The lowest BCUT2D eigenvalue weighted by molar-refractivity contribution is -0.274. The summed E-state index contributed by atoms with van der Waals surface area (Å²) in [6.45, 7) is 1.32. The van der Waals surface area contributed by atoms with Gasteiger partial charge in [0.2, 0.25) is 9.84 Å². The Labute approximate surface area is 169 Å². The third kappa shape index (κ3) is 5.39. The van der Waals surface area contributed by atoms with Crippen molar-refractivity contribution in [2.24, 2.45) is 5.16 Å². The zero-order valence-electron chi connectivity index (χ0n) is 15.5. The van der Waals surface area contributed by atoms with E-state index < -0.39 is 32.9 Å². The van der Waals surface area contributed by atoms with Gasteiger partial charge in [-0.05, 0) is 36.4 Å². The minimum atomic E-state index is -4.91. The largest absolute Gasteiger partial charge is 0.573 e. The Morgan fingerprint density at radius 3 is 2.33 bits per heavy atom. The Morgan fingerprint density at radius 2 is 1.73 bits per heavy atom. The van der Waals surface area contributed by atoms with Crippen molar-refractivity contribution in [3.8, 4) is 5.75 Å². The fourth-order valence-electron chi connectivity index (χ4n) is 2.78. The highest BCUT2D eigenvalue weighted by Crippen LogP contribution is 2.31. The van der Waals surface area contributed by atoms with Crippen LogP contribution in [0.1, 0.15) is 23.8 Å². The van der Waals surface area contributed by atoms with Crippen LogP contribution in [0.4, 0.5) is 13.2 Å². The van der Waals surface area contributed by atoms with Gasteiger partial charge >= 0.3 is 6.36 Å². The molecule has 162 valence electrons. The van der Waals surface area contributed by atoms with Crippen LogP contribution in [0, 0.1) is 0 Å². The van der Waals surface area contributed by atoms with Crippen LogP contribution in [0.5, 0.6) is 5.75 Å². The summed E-state index contributed by atoms with van der Waals surface area (Å²) in [4.78, 5) is 19.5. The van der Waals surface area contributed by atoms with Crippen molar-refractivity contribution in [2.45, 2.75) is 29.5 Å². The van der Waals surface area contributed by atoms with E-state index in [0.717, 1.165) is 24.3 Å². The average Bonchev–Trinajstić information content (AvgIpc) is 2.69. The number of pyridine rings is 1. The maximum atomic E-state index is 13.1. The van der Waals surface area contributed by atoms with Crippen LogP contribution >= 0.6 is 0 Å². The van der Waals surface area contributed by atoms with Gasteiger partial charge in [0.05, 0.1) is 16.2 Å². The molecule has 12 heteroatoms. The number of piperidine rings is 1.